The molecule has 0 bridgehead atoms. The molecule has 3 aromatic rings. The summed E-state index contributed by atoms with van der Waals surface area (Å²) in [4.78, 5) is 20.2. The van der Waals surface area contributed by atoms with E-state index >= 15 is 0 Å². The fraction of sp³-hybridized carbons (Fsp3) is 0. The van der Waals surface area contributed by atoms with Gasteiger partial charge in [-0.25, -0.2) is 4.39 Å². The Bertz CT molecular complexity index is 771. The van der Waals surface area contributed by atoms with Crippen LogP contribution in [0.2, 0.25) is 0 Å². The Kier molecular flexibility index (Phi) is 3.87. The first-order chi connectivity index (χ1) is 10.7. The van der Waals surface area contributed by atoms with Crippen LogP contribution in [0.3, 0.4) is 0 Å². The van der Waals surface area contributed by atoms with Gasteiger partial charge in [-0.15, -0.1) is 0 Å². The topological polar surface area (TPSA) is 54.9 Å². The molecular weight excluding hydrogens is 281 g/mol. The fourth-order valence-corrected chi connectivity index (χ4v) is 1.96. The van der Waals surface area contributed by atoms with Gasteiger partial charge in [0, 0.05) is 29.8 Å². The van der Waals surface area contributed by atoms with E-state index in [1.54, 1.807) is 48.8 Å². The minimum absolute atomic E-state index is 0.246. The summed E-state index contributed by atoms with van der Waals surface area (Å²) in [7, 11) is 0. The van der Waals surface area contributed by atoms with Crippen molar-refractivity contribution in [1.29, 1.82) is 0 Å². The van der Waals surface area contributed by atoms with Crippen LogP contribution < -0.4 is 5.32 Å². The maximum absolute atomic E-state index is 12.9. The summed E-state index contributed by atoms with van der Waals surface area (Å²) in [6.45, 7) is 0. The summed E-state index contributed by atoms with van der Waals surface area (Å²) in [5, 5.41) is 2.76. The highest BCUT2D eigenvalue weighted by Gasteiger charge is 2.07. The number of hydrogen-bond donors (Lipinski definition) is 1. The predicted molar refractivity (Wildman–Crippen MR) is 81.8 cm³/mol. The van der Waals surface area contributed by atoms with Crippen LogP contribution in [-0.2, 0) is 0 Å². The van der Waals surface area contributed by atoms with Gasteiger partial charge in [0.15, 0.2) is 0 Å². The standard InChI is InChI=1S/C17H12FN3O/c18-14-4-1-12(2-5-14)16-6-3-13(11-20-16)17(22)21-15-7-9-19-10-8-15/h1-11H,(H,19,21,22). The molecule has 108 valence electrons. The van der Waals surface area contributed by atoms with E-state index in [-0.39, 0.29) is 11.7 Å². The zero-order valence-corrected chi connectivity index (χ0v) is 11.5. The van der Waals surface area contributed by atoms with Crippen LogP contribution in [0, 0.1) is 5.82 Å². The zero-order valence-electron chi connectivity index (χ0n) is 11.5. The van der Waals surface area contributed by atoms with Gasteiger partial charge in [-0.1, -0.05) is 0 Å². The lowest BCUT2D eigenvalue weighted by Gasteiger charge is -2.05. The van der Waals surface area contributed by atoms with Gasteiger partial charge in [-0.3, -0.25) is 14.8 Å². The molecule has 3 rings (SSSR count). The average molecular weight is 293 g/mol. The number of aromatic nitrogens is 2. The molecule has 0 aliphatic carbocycles. The number of halogens is 1. The van der Waals surface area contributed by atoms with E-state index in [0.29, 0.717) is 16.9 Å². The third-order valence-electron chi connectivity index (χ3n) is 3.10. The second-order valence-corrected chi connectivity index (χ2v) is 4.63. The molecule has 1 N–H and O–H groups in total. The van der Waals surface area contributed by atoms with Gasteiger partial charge >= 0.3 is 0 Å². The van der Waals surface area contributed by atoms with E-state index in [0.717, 1.165) is 5.56 Å². The quantitative estimate of drug-likeness (QED) is 0.803. The molecule has 0 aliphatic heterocycles. The number of nitrogens with zero attached hydrogens (tertiary/aromatic N) is 2. The summed E-state index contributed by atoms with van der Waals surface area (Å²) in [5.41, 5.74) is 2.59. The molecule has 0 spiro atoms. The monoisotopic (exact) mass is 293 g/mol. The molecular formula is C17H12FN3O. The first-order valence-electron chi connectivity index (χ1n) is 6.66. The van der Waals surface area contributed by atoms with E-state index in [1.807, 2.05) is 0 Å². The summed E-state index contributed by atoms with van der Waals surface area (Å²) >= 11 is 0. The molecule has 22 heavy (non-hydrogen) atoms. The van der Waals surface area contributed by atoms with Crippen LogP contribution in [0.4, 0.5) is 10.1 Å². The Labute approximate surface area is 126 Å². The van der Waals surface area contributed by atoms with Crippen molar-refractivity contribution in [3.8, 4) is 11.3 Å². The summed E-state index contributed by atoms with van der Waals surface area (Å²) < 4.78 is 12.9. The number of hydrogen-bond acceptors (Lipinski definition) is 3. The number of carbonyl (C=O) groups excluding carboxylic acids is 1. The van der Waals surface area contributed by atoms with Crippen molar-refractivity contribution in [2.24, 2.45) is 0 Å². The van der Waals surface area contributed by atoms with Gasteiger partial charge in [0.2, 0.25) is 0 Å². The van der Waals surface area contributed by atoms with Crippen LogP contribution in [0.15, 0.2) is 67.1 Å². The van der Waals surface area contributed by atoms with Crippen molar-refractivity contribution >= 4 is 11.6 Å². The van der Waals surface area contributed by atoms with Crippen molar-refractivity contribution in [3.63, 3.8) is 0 Å². The van der Waals surface area contributed by atoms with Crippen molar-refractivity contribution in [1.82, 2.24) is 9.97 Å². The Hall–Kier alpha value is -3.08. The molecule has 0 aliphatic rings. The number of carbonyl (C=O) groups is 1. The summed E-state index contributed by atoms with van der Waals surface area (Å²) in [6, 6.07) is 12.9. The molecule has 5 heteroatoms. The number of rotatable bonds is 3. The van der Waals surface area contributed by atoms with Crippen molar-refractivity contribution in [2.45, 2.75) is 0 Å². The summed E-state index contributed by atoms with van der Waals surface area (Å²) in [5.74, 6) is -0.540. The van der Waals surface area contributed by atoms with Crippen molar-refractivity contribution in [2.75, 3.05) is 5.32 Å². The number of pyridine rings is 2. The van der Waals surface area contributed by atoms with Gasteiger partial charge in [0.05, 0.1) is 11.3 Å². The second-order valence-electron chi connectivity index (χ2n) is 4.63. The van der Waals surface area contributed by atoms with E-state index < -0.39 is 0 Å². The van der Waals surface area contributed by atoms with Gasteiger partial charge in [0.1, 0.15) is 5.82 Å². The van der Waals surface area contributed by atoms with E-state index in [4.69, 9.17) is 0 Å². The van der Waals surface area contributed by atoms with Crippen molar-refractivity contribution in [3.05, 3.63) is 78.5 Å². The van der Waals surface area contributed by atoms with Crippen LogP contribution in [0.1, 0.15) is 10.4 Å². The second kappa shape index (κ2) is 6.13. The van der Waals surface area contributed by atoms with E-state index in [2.05, 4.69) is 15.3 Å². The maximum atomic E-state index is 12.9. The van der Waals surface area contributed by atoms with E-state index in [1.165, 1.54) is 18.3 Å². The van der Waals surface area contributed by atoms with Crippen molar-refractivity contribution < 1.29 is 9.18 Å². The Morgan fingerprint density at radius 1 is 0.955 bits per heavy atom. The molecule has 1 amide bonds. The maximum Gasteiger partial charge on any atom is 0.257 e. The lowest BCUT2D eigenvalue weighted by atomic mass is 10.1. The largest absolute Gasteiger partial charge is 0.322 e. The van der Waals surface area contributed by atoms with Crippen LogP contribution in [-0.4, -0.2) is 15.9 Å². The Balaban J connectivity index is 1.76. The third-order valence-corrected chi connectivity index (χ3v) is 3.10. The van der Waals surface area contributed by atoms with Gasteiger partial charge in [0.25, 0.3) is 5.91 Å². The molecule has 0 saturated carbocycles. The van der Waals surface area contributed by atoms with Gasteiger partial charge < -0.3 is 5.32 Å². The number of nitrogens with one attached hydrogen (secondary N) is 1. The fourth-order valence-electron chi connectivity index (χ4n) is 1.96. The molecule has 2 heterocycles. The molecule has 0 atom stereocenters. The molecule has 0 unspecified atom stereocenters. The molecule has 0 radical (unpaired) electrons. The first-order valence-corrected chi connectivity index (χ1v) is 6.66. The third kappa shape index (κ3) is 3.15. The highest BCUT2D eigenvalue weighted by atomic mass is 19.1. The predicted octanol–water partition coefficient (Wildman–Crippen LogP) is 3.54. The van der Waals surface area contributed by atoms with Gasteiger partial charge in [-0.05, 0) is 48.5 Å². The molecule has 1 aromatic carbocycles. The zero-order chi connectivity index (χ0) is 15.4. The lowest BCUT2D eigenvalue weighted by Crippen LogP contribution is -2.12. The molecule has 0 fully saturated rings. The van der Waals surface area contributed by atoms with Crippen LogP contribution in [0.25, 0.3) is 11.3 Å². The van der Waals surface area contributed by atoms with Gasteiger partial charge in [-0.2, -0.15) is 0 Å². The number of amides is 1. The van der Waals surface area contributed by atoms with E-state index in [9.17, 15) is 9.18 Å². The normalized spacial score (nSPS) is 10.2. The molecule has 4 nitrogen and oxygen atoms in total. The minimum atomic E-state index is -0.294. The number of anilines is 1. The smallest absolute Gasteiger partial charge is 0.257 e. The SMILES string of the molecule is O=C(Nc1ccncc1)c1ccc(-c2ccc(F)cc2)nc1. The highest BCUT2D eigenvalue weighted by Crippen LogP contribution is 2.17. The lowest BCUT2D eigenvalue weighted by molar-refractivity contribution is 0.102. The summed E-state index contributed by atoms with van der Waals surface area (Å²) in [6.07, 6.45) is 4.70. The molecule has 2 aromatic heterocycles. The average Bonchev–Trinajstić information content (AvgIpc) is 2.57. The number of benzene rings is 1. The molecule has 0 saturated heterocycles. The highest BCUT2D eigenvalue weighted by molar-refractivity contribution is 6.04. The Morgan fingerprint density at radius 3 is 2.32 bits per heavy atom. The van der Waals surface area contributed by atoms with Crippen LogP contribution in [0.5, 0.6) is 0 Å². The Morgan fingerprint density at radius 2 is 1.68 bits per heavy atom. The van der Waals surface area contributed by atoms with Crippen LogP contribution >= 0.6 is 0 Å². The first kappa shape index (κ1) is 13.9. The minimum Gasteiger partial charge on any atom is -0.322 e.